The van der Waals surface area contributed by atoms with E-state index in [1.807, 2.05) is 25.7 Å². The molecular formula is C18H33N3O2. The molecule has 2 N–H and O–H groups in total. The second-order valence-corrected chi connectivity index (χ2v) is 8.51. The molecule has 0 bridgehead atoms. The van der Waals surface area contributed by atoms with Crippen molar-refractivity contribution >= 4 is 6.09 Å². The molecule has 2 aliphatic heterocycles. The minimum Gasteiger partial charge on any atom is -0.444 e. The van der Waals surface area contributed by atoms with Crippen molar-refractivity contribution in [1.29, 1.82) is 0 Å². The number of amides is 1. The van der Waals surface area contributed by atoms with Crippen LogP contribution in [0, 0.1) is 5.92 Å². The van der Waals surface area contributed by atoms with Gasteiger partial charge in [0.2, 0.25) is 0 Å². The fourth-order valence-corrected chi connectivity index (χ4v) is 4.29. The Balaban J connectivity index is 1.45. The average Bonchev–Trinajstić information content (AvgIpc) is 2.94. The molecule has 0 aromatic rings. The van der Waals surface area contributed by atoms with Gasteiger partial charge < -0.3 is 20.3 Å². The molecule has 23 heavy (non-hydrogen) atoms. The van der Waals surface area contributed by atoms with Gasteiger partial charge in [-0.15, -0.1) is 0 Å². The minimum absolute atomic E-state index is 0.173. The zero-order valence-corrected chi connectivity index (χ0v) is 14.9. The molecular weight excluding hydrogens is 290 g/mol. The topological polar surface area (TPSA) is 53.6 Å². The van der Waals surface area contributed by atoms with E-state index in [1.165, 1.54) is 45.1 Å². The largest absolute Gasteiger partial charge is 0.444 e. The number of rotatable bonds is 3. The van der Waals surface area contributed by atoms with Crippen molar-refractivity contribution in [3.63, 3.8) is 0 Å². The molecule has 3 atom stereocenters. The van der Waals surface area contributed by atoms with E-state index in [2.05, 4.69) is 10.6 Å². The molecule has 0 spiro atoms. The van der Waals surface area contributed by atoms with Crippen LogP contribution < -0.4 is 10.6 Å². The summed E-state index contributed by atoms with van der Waals surface area (Å²) in [6.45, 7) is 8.52. The van der Waals surface area contributed by atoms with E-state index < -0.39 is 5.60 Å². The summed E-state index contributed by atoms with van der Waals surface area (Å²) in [4.78, 5) is 13.8. The number of likely N-dealkylation sites (tertiary alicyclic amines) is 1. The van der Waals surface area contributed by atoms with Gasteiger partial charge in [0, 0.05) is 31.2 Å². The summed E-state index contributed by atoms with van der Waals surface area (Å²) in [5, 5.41) is 7.53. The first-order valence-corrected chi connectivity index (χ1v) is 9.40. The molecule has 5 heteroatoms. The Hall–Kier alpha value is -0.810. The van der Waals surface area contributed by atoms with E-state index in [1.54, 1.807) is 0 Å². The highest BCUT2D eigenvalue weighted by molar-refractivity contribution is 5.69. The molecule has 3 fully saturated rings. The first-order chi connectivity index (χ1) is 10.9. The lowest BCUT2D eigenvalue weighted by atomic mass is 9.78. The van der Waals surface area contributed by atoms with Crippen LogP contribution in [-0.4, -0.2) is 54.4 Å². The molecule has 1 amide bonds. The maximum Gasteiger partial charge on any atom is 0.410 e. The highest BCUT2D eigenvalue weighted by Crippen LogP contribution is 2.31. The first-order valence-electron chi connectivity index (χ1n) is 9.40. The third-order valence-electron chi connectivity index (χ3n) is 5.42. The number of hydrogen-bond acceptors (Lipinski definition) is 4. The SMILES string of the molecule is CC(C)(C)OC(=O)N1CC(NC2CCCCC2C2CCCN2)C1. The summed E-state index contributed by atoms with van der Waals surface area (Å²) in [6.07, 6.45) is 7.82. The van der Waals surface area contributed by atoms with Crippen LogP contribution in [0.3, 0.4) is 0 Å². The summed E-state index contributed by atoms with van der Waals surface area (Å²) in [7, 11) is 0. The van der Waals surface area contributed by atoms with Gasteiger partial charge in [0.15, 0.2) is 0 Å². The van der Waals surface area contributed by atoms with Gasteiger partial charge in [0.1, 0.15) is 5.60 Å². The fraction of sp³-hybridized carbons (Fsp3) is 0.944. The standard InChI is InChI=1S/C18H33N3O2/c1-18(2,3)23-17(22)21-11-13(12-21)20-16-8-5-4-7-14(16)15-9-6-10-19-15/h13-16,19-20H,4-12H2,1-3H3. The van der Waals surface area contributed by atoms with Crippen LogP contribution in [0.25, 0.3) is 0 Å². The minimum atomic E-state index is -0.405. The third kappa shape index (κ3) is 4.38. The van der Waals surface area contributed by atoms with Crippen LogP contribution in [-0.2, 0) is 4.74 Å². The molecule has 2 heterocycles. The molecule has 132 valence electrons. The van der Waals surface area contributed by atoms with Crippen molar-refractivity contribution in [2.24, 2.45) is 5.92 Å². The normalized spacial score (nSPS) is 32.7. The molecule has 0 radical (unpaired) electrons. The second kappa shape index (κ2) is 6.98. The average molecular weight is 323 g/mol. The van der Waals surface area contributed by atoms with Crippen LogP contribution in [0.15, 0.2) is 0 Å². The Morgan fingerprint density at radius 1 is 1.13 bits per heavy atom. The molecule has 3 rings (SSSR count). The van der Waals surface area contributed by atoms with Gasteiger partial charge in [-0.05, 0) is 58.9 Å². The Morgan fingerprint density at radius 2 is 1.87 bits per heavy atom. The molecule has 0 aromatic heterocycles. The number of carbonyl (C=O) groups is 1. The molecule has 3 aliphatic rings. The first kappa shape index (κ1) is 17.0. The lowest BCUT2D eigenvalue weighted by Crippen LogP contribution is -2.64. The highest BCUT2D eigenvalue weighted by Gasteiger charge is 2.38. The van der Waals surface area contributed by atoms with E-state index in [0.717, 1.165) is 19.0 Å². The summed E-state index contributed by atoms with van der Waals surface area (Å²) in [6, 6.07) is 1.76. The van der Waals surface area contributed by atoms with Crippen LogP contribution in [0.2, 0.25) is 0 Å². The van der Waals surface area contributed by atoms with Gasteiger partial charge in [0.05, 0.1) is 0 Å². The summed E-state index contributed by atoms with van der Waals surface area (Å²) < 4.78 is 5.43. The maximum atomic E-state index is 12.0. The van der Waals surface area contributed by atoms with Crippen molar-refractivity contribution < 1.29 is 9.53 Å². The monoisotopic (exact) mass is 323 g/mol. The Kier molecular flexibility index (Phi) is 5.16. The van der Waals surface area contributed by atoms with Crippen LogP contribution >= 0.6 is 0 Å². The smallest absolute Gasteiger partial charge is 0.410 e. The van der Waals surface area contributed by atoms with E-state index in [0.29, 0.717) is 18.1 Å². The molecule has 1 saturated carbocycles. The molecule has 1 aliphatic carbocycles. The molecule has 2 saturated heterocycles. The second-order valence-electron chi connectivity index (χ2n) is 8.51. The van der Waals surface area contributed by atoms with Gasteiger partial charge in [-0.3, -0.25) is 0 Å². The molecule has 5 nitrogen and oxygen atoms in total. The molecule has 0 aromatic carbocycles. The van der Waals surface area contributed by atoms with Crippen LogP contribution in [0.1, 0.15) is 59.3 Å². The van der Waals surface area contributed by atoms with E-state index >= 15 is 0 Å². The Bertz CT molecular complexity index is 409. The quantitative estimate of drug-likeness (QED) is 0.838. The third-order valence-corrected chi connectivity index (χ3v) is 5.42. The zero-order chi connectivity index (χ0) is 16.4. The lowest BCUT2D eigenvalue weighted by molar-refractivity contribution is 0.00215. The van der Waals surface area contributed by atoms with Crippen molar-refractivity contribution in [2.75, 3.05) is 19.6 Å². The summed E-state index contributed by atoms with van der Waals surface area (Å²) >= 11 is 0. The zero-order valence-electron chi connectivity index (χ0n) is 14.9. The van der Waals surface area contributed by atoms with Crippen molar-refractivity contribution in [3.05, 3.63) is 0 Å². The van der Waals surface area contributed by atoms with Crippen LogP contribution in [0.5, 0.6) is 0 Å². The Morgan fingerprint density at radius 3 is 2.52 bits per heavy atom. The van der Waals surface area contributed by atoms with E-state index in [9.17, 15) is 4.79 Å². The van der Waals surface area contributed by atoms with Crippen LogP contribution in [0.4, 0.5) is 4.79 Å². The number of nitrogens with zero attached hydrogens (tertiary/aromatic N) is 1. The maximum absolute atomic E-state index is 12.0. The Labute approximate surface area is 140 Å². The van der Waals surface area contributed by atoms with Gasteiger partial charge >= 0.3 is 6.09 Å². The summed E-state index contributed by atoms with van der Waals surface area (Å²) in [5.74, 6) is 0.766. The highest BCUT2D eigenvalue weighted by atomic mass is 16.6. The predicted molar refractivity (Wildman–Crippen MR) is 91.5 cm³/mol. The number of nitrogens with one attached hydrogen (secondary N) is 2. The van der Waals surface area contributed by atoms with Gasteiger partial charge in [-0.25, -0.2) is 4.79 Å². The van der Waals surface area contributed by atoms with Crippen molar-refractivity contribution in [3.8, 4) is 0 Å². The van der Waals surface area contributed by atoms with E-state index in [-0.39, 0.29) is 6.09 Å². The lowest BCUT2D eigenvalue weighted by Gasteiger charge is -2.45. The van der Waals surface area contributed by atoms with Gasteiger partial charge in [0.25, 0.3) is 0 Å². The number of hydrogen-bond donors (Lipinski definition) is 2. The van der Waals surface area contributed by atoms with Crippen molar-refractivity contribution in [2.45, 2.75) is 83.0 Å². The molecule has 3 unspecified atom stereocenters. The fourth-order valence-electron chi connectivity index (χ4n) is 4.29. The number of ether oxygens (including phenoxy) is 1. The number of carbonyl (C=O) groups excluding carboxylic acids is 1. The summed E-state index contributed by atoms with van der Waals surface area (Å²) in [5.41, 5.74) is -0.405. The van der Waals surface area contributed by atoms with E-state index in [4.69, 9.17) is 4.74 Å². The van der Waals surface area contributed by atoms with Crippen molar-refractivity contribution in [1.82, 2.24) is 15.5 Å². The van der Waals surface area contributed by atoms with Gasteiger partial charge in [-0.2, -0.15) is 0 Å². The van der Waals surface area contributed by atoms with Gasteiger partial charge in [-0.1, -0.05) is 12.8 Å². The predicted octanol–water partition coefficient (Wildman–Crippen LogP) is 2.51.